The highest BCUT2D eigenvalue weighted by atomic mass is 35.5. The van der Waals surface area contributed by atoms with Gasteiger partial charge in [0, 0.05) is 16.4 Å². The van der Waals surface area contributed by atoms with Gasteiger partial charge >= 0.3 is 0 Å². The number of aromatic nitrogens is 1. The Kier molecular flexibility index (Phi) is 7.34. The standard InChI is InChI=1S/C17H23ClN4OS/c1-4-19-17(21-11-16-22-12(2)13(3)24-16)20-8-9-23-15-7-5-6-14(18)10-15/h5-7,10H,4,8-9,11H2,1-3H3,(H2,19,20,21). The van der Waals surface area contributed by atoms with Crippen molar-refractivity contribution in [3.63, 3.8) is 0 Å². The summed E-state index contributed by atoms with van der Waals surface area (Å²) in [5.41, 5.74) is 1.08. The molecule has 0 spiro atoms. The summed E-state index contributed by atoms with van der Waals surface area (Å²) in [6.45, 7) is 8.69. The van der Waals surface area contributed by atoms with Gasteiger partial charge in [-0.1, -0.05) is 17.7 Å². The van der Waals surface area contributed by atoms with Gasteiger partial charge in [0.25, 0.3) is 0 Å². The zero-order valence-electron chi connectivity index (χ0n) is 14.2. The lowest BCUT2D eigenvalue weighted by atomic mass is 10.3. The number of guanidine groups is 1. The zero-order chi connectivity index (χ0) is 17.4. The van der Waals surface area contributed by atoms with Gasteiger partial charge in [0.2, 0.25) is 0 Å². The van der Waals surface area contributed by atoms with Gasteiger partial charge in [-0.3, -0.25) is 0 Å². The van der Waals surface area contributed by atoms with Crippen molar-refractivity contribution in [3.05, 3.63) is 44.9 Å². The lowest BCUT2D eigenvalue weighted by Gasteiger charge is -2.12. The first-order valence-electron chi connectivity index (χ1n) is 7.92. The summed E-state index contributed by atoms with van der Waals surface area (Å²) in [6, 6.07) is 7.38. The Labute approximate surface area is 152 Å². The average Bonchev–Trinajstić information content (AvgIpc) is 2.87. The Morgan fingerprint density at radius 1 is 1.33 bits per heavy atom. The van der Waals surface area contributed by atoms with Crippen LogP contribution in [0.2, 0.25) is 5.02 Å². The third-order valence-corrected chi connectivity index (χ3v) is 4.54. The average molecular weight is 367 g/mol. The Bertz CT molecular complexity index is 667. The quantitative estimate of drug-likeness (QED) is 0.447. The first-order chi connectivity index (χ1) is 11.6. The first kappa shape index (κ1) is 18.5. The SMILES string of the molecule is CCNC(=NCc1nc(C)c(C)s1)NCCOc1cccc(Cl)c1. The Hall–Kier alpha value is -1.79. The summed E-state index contributed by atoms with van der Waals surface area (Å²) in [5.74, 6) is 1.53. The number of hydrogen-bond acceptors (Lipinski definition) is 4. The van der Waals surface area contributed by atoms with E-state index in [1.165, 1.54) is 4.88 Å². The maximum absolute atomic E-state index is 5.93. The lowest BCUT2D eigenvalue weighted by Crippen LogP contribution is -2.39. The molecule has 0 bridgehead atoms. The molecule has 0 saturated heterocycles. The molecule has 0 aliphatic heterocycles. The Morgan fingerprint density at radius 2 is 2.17 bits per heavy atom. The number of thiazole rings is 1. The van der Waals surface area contributed by atoms with E-state index in [0.717, 1.165) is 29.0 Å². The predicted octanol–water partition coefficient (Wildman–Crippen LogP) is 3.55. The van der Waals surface area contributed by atoms with Gasteiger partial charge in [-0.25, -0.2) is 9.98 Å². The van der Waals surface area contributed by atoms with Crippen molar-refractivity contribution < 1.29 is 4.74 Å². The molecule has 0 atom stereocenters. The van der Waals surface area contributed by atoms with E-state index in [0.29, 0.717) is 24.7 Å². The van der Waals surface area contributed by atoms with Crippen molar-refractivity contribution in [1.82, 2.24) is 15.6 Å². The van der Waals surface area contributed by atoms with Crippen LogP contribution in [0.4, 0.5) is 0 Å². The van der Waals surface area contributed by atoms with Crippen LogP contribution in [0.15, 0.2) is 29.3 Å². The molecule has 0 fully saturated rings. The predicted molar refractivity (Wildman–Crippen MR) is 101 cm³/mol. The van der Waals surface area contributed by atoms with Gasteiger partial charge < -0.3 is 15.4 Å². The molecule has 2 rings (SSSR count). The van der Waals surface area contributed by atoms with Crippen LogP contribution in [-0.2, 0) is 6.54 Å². The molecule has 1 aromatic heterocycles. The van der Waals surface area contributed by atoms with Crippen LogP contribution in [0.1, 0.15) is 22.5 Å². The van der Waals surface area contributed by atoms with Gasteiger partial charge in [-0.2, -0.15) is 0 Å². The highest BCUT2D eigenvalue weighted by molar-refractivity contribution is 7.11. The van der Waals surface area contributed by atoms with Crippen molar-refractivity contribution in [1.29, 1.82) is 0 Å². The minimum Gasteiger partial charge on any atom is -0.492 e. The molecule has 7 heteroatoms. The highest BCUT2D eigenvalue weighted by Gasteiger charge is 2.04. The van der Waals surface area contributed by atoms with Crippen LogP contribution in [-0.4, -0.2) is 30.6 Å². The zero-order valence-corrected chi connectivity index (χ0v) is 15.8. The van der Waals surface area contributed by atoms with E-state index in [2.05, 4.69) is 27.5 Å². The maximum atomic E-state index is 5.93. The van der Waals surface area contributed by atoms with Crippen LogP contribution in [0, 0.1) is 13.8 Å². The fourth-order valence-corrected chi connectivity index (χ4v) is 3.03. The van der Waals surface area contributed by atoms with Gasteiger partial charge in [-0.05, 0) is 39.0 Å². The molecule has 5 nitrogen and oxygen atoms in total. The number of hydrogen-bond donors (Lipinski definition) is 2. The molecule has 24 heavy (non-hydrogen) atoms. The van der Waals surface area contributed by atoms with Gasteiger partial charge in [0.15, 0.2) is 5.96 Å². The molecule has 0 amide bonds. The summed E-state index contributed by atoms with van der Waals surface area (Å²) < 4.78 is 5.66. The van der Waals surface area contributed by atoms with E-state index in [1.54, 1.807) is 17.4 Å². The number of aryl methyl sites for hydroxylation is 2. The van der Waals surface area contributed by atoms with E-state index in [4.69, 9.17) is 16.3 Å². The first-order valence-corrected chi connectivity index (χ1v) is 9.11. The van der Waals surface area contributed by atoms with E-state index >= 15 is 0 Å². The number of ether oxygens (including phenoxy) is 1. The van der Waals surface area contributed by atoms with Crippen LogP contribution >= 0.6 is 22.9 Å². The minimum atomic E-state index is 0.528. The van der Waals surface area contributed by atoms with Crippen molar-refractivity contribution in [2.24, 2.45) is 4.99 Å². The van der Waals surface area contributed by atoms with Crippen molar-refractivity contribution >= 4 is 28.9 Å². The highest BCUT2D eigenvalue weighted by Crippen LogP contribution is 2.17. The fraction of sp³-hybridized carbons (Fsp3) is 0.412. The van der Waals surface area contributed by atoms with Crippen LogP contribution in [0.5, 0.6) is 5.75 Å². The topological polar surface area (TPSA) is 58.5 Å². The molecule has 2 N–H and O–H groups in total. The number of nitrogens with one attached hydrogen (secondary N) is 2. The van der Waals surface area contributed by atoms with E-state index in [-0.39, 0.29) is 0 Å². The number of rotatable bonds is 7. The Balaban J connectivity index is 1.80. The van der Waals surface area contributed by atoms with E-state index in [1.807, 2.05) is 32.0 Å². The molecule has 130 valence electrons. The molecule has 1 aromatic carbocycles. The van der Waals surface area contributed by atoms with Crippen molar-refractivity contribution in [2.45, 2.75) is 27.3 Å². The molecule has 2 aromatic rings. The van der Waals surface area contributed by atoms with Crippen LogP contribution in [0.3, 0.4) is 0 Å². The second-order valence-electron chi connectivity index (χ2n) is 5.18. The van der Waals surface area contributed by atoms with Gasteiger partial charge in [0.05, 0.1) is 18.8 Å². The van der Waals surface area contributed by atoms with E-state index < -0.39 is 0 Å². The molecule has 0 aliphatic rings. The summed E-state index contributed by atoms with van der Waals surface area (Å²) >= 11 is 7.62. The molecule has 0 aliphatic carbocycles. The summed E-state index contributed by atoms with van der Waals surface area (Å²) in [4.78, 5) is 10.3. The van der Waals surface area contributed by atoms with Crippen LogP contribution < -0.4 is 15.4 Å². The number of nitrogens with zero attached hydrogens (tertiary/aromatic N) is 2. The second-order valence-corrected chi connectivity index (χ2v) is 6.90. The molecular formula is C17H23ClN4OS. The van der Waals surface area contributed by atoms with Gasteiger partial charge in [-0.15, -0.1) is 11.3 Å². The third-order valence-electron chi connectivity index (χ3n) is 3.25. The monoisotopic (exact) mass is 366 g/mol. The van der Waals surface area contributed by atoms with Gasteiger partial charge in [0.1, 0.15) is 17.4 Å². The maximum Gasteiger partial charge on any atom is 0.191 e. The summed E-state index contributed by atoms with van der Waals surface area (Å²) in [6.07, 6.45) is 0. The lowest BCUT2D eigenvalue weighted by molar-refractivity contribution is 0.322. The minimum absolute atomic E-state index is 0.528. The number of aliphatic imine (C=N–C) groups is 1. The third kappa shape index (κ3) is 6.02. The number of benzene rings is 1. The van der Waals surface area contributed by atoms with Crippen molar-refractivity contribution in [2.75, 3.05) is 19.7 Å². The molecule has 0 unspecified atom stereocenters. The molecular weight excluding hydrogens is 344 g/mol. The van der Waals surface area contributed by atoms with Crippen molar-refractivity contribution in [3.8, 4) is 5.75 Å². The second kappa shape index (κ2) is 9.49. The fourth-order valence-electron chi connectivity index (χ4n) is 1.99. The van der Waals surface area contributed by atoms with E-state index in [9.17, 15) is 0 Å². The normalized spacial score (nSPS) is 11.4. The largest absolute Gasteiger partial charge is 0.492 e. The number of halogens is 1. The smallest absolute Gasteiger partial charge is 0.191 e. The molecule has 0 saturated carbocycles. The summed E-state index contributed by atoms with van der Waals surface area (Å²) in [5, 5.41) is 8.17. The molecule has 0 radical (unpaired) electrons. The Morgan fingerprint density at radius 3 is 2.83 bits per heavy atom. The van der Waals surface area contributed by atoms with Crippen LogP contribution in [0.25, 0.3) is 0 Å². The molecule has 1 heterocycles. The summed E-state index contributed by atoms with van der Waals surface area (Å²) in [7, 11) is 0.